The molecule has 1 aromatic rings. The van der Waals surface area contributed by atoms with Crippen molar-refractivity contribution in [1.82, 2.24) is 5.32 Å². The summed E-state index contributed by atoms with van der Waals surface area (Å²) in [7, 11) is 0. The van der Waals surface area contributed by atoms with Crippen LogP contribution < -0.4 is 5.32 Å². The number of nitrogens with zero attached hydrogens (tertiary/aromatic N) is 1. The number of furan rings is 1. The molecule has 0 aromatic carbocycles. The second-order valence-corrected chi connectivity index (χ2v) is 3.33. The van der Waals surface area contributed by atoms with Crippen LogP contribution >= 0.6 is 0 Å². The highest BCUT2D eigenvalue weighted by Gasteiger charge is 2.15. The van der Waals surface area contributed by atoms with Crippen LogP contribution in [0.4, 0.5) is 0 Å². The number of carbonyl (C=O) groups excluding carboxylic acids is 1. The van der Waals surface area contributed by atoms with Crippen molar-refractivity contribution in [1.29, 1.82) is 5.26 Å². The minimum Gasteiger partial charge on any atom is -0.469 e. The first kappa shape index (κ1) is 11.3. The summed E-state index contributed by atoms with van der Waals surface area (Å²) in [5, 5.41) is 11.4. The maximum Gasteiger partial charge on any atom is 0.255 e. The standard InChI is InChI=1S/C11H14N2O2/c1-3-4-9(7-12)13-11(14)10-5-6-15-8(10)2/h5-6,9H,3-4H2,1-2H3,(H,13,14). The van der Waals surface area contributed by atoms with E-state index in [4.69, 9.17) is 9.68 Å². The molecule has 1 aromatic heterocycles. The van der Waals surface area contributed by atoms with Crippen molar-refractivity contribution in [2.45, 2.75) is 32.7 Å². The van der Waals surface area contributed by atoms with Gasteiger partial charge in [0.1, 0.15) is 11.8 Å². The molecule has 80 valence electrons. The zero-order chi connectivity index (χ0) is 11.3. The van der Waals surface area contributed by atoms with Crippen LogP contribution in [0.1, 0.15) is 35.9 Å². The Morgan fingerprint density at radius 1 is 1.73 bits per heavy atom. The van der Waals surface area contributed by atoms with E-state index in [1.165, 1.54) is 6.26 Å². The molecule has 0 bridgehead atoms. The fourth-order valence-corrected chi connectivity index (χ4v) is 1.31. The molecule has 0 radical (unpaired) electrons. The van der Waals surface area contributed by atoms with Gasteiger partial charge >= 0.3 is 0 Å². The van der Waals surface area contributed by atoms with Gasteiger partial charge in [0.05, 0.1) is 17.9 Å². The van der Waals surface area contributed by atoms with E-state index in [2.05, 4.69) is 11.4 Å². The van der Waals surface area contributed by atoms with Gasteiger partial charge in [-0.2, -0.15) is 5.26 Å². The molecule has 0 saturated heterocycles. The topological polar surface area (TPSA) is 66.0 Å². The highest BCUT2D eigenvalue weighted by Crippen LogP contribution is 2.09. The van der Waals surface area contributed by atoms with Crippen molar-refractivity contribution >= 4 is 5.91 Å². The van der Waals surface area contributed by atoms with Gasteiger partial charge in [-0.05, 0) is 19.4 Å². The number of hydrogen-bond donors (Lipinski definition) is 1. The van der Waals surface area contributed by atoms with Crippen LogP contribution in [0.5, 0.6) is 0 Å². The molecule has 1 rings (SSSR count). The zero-order valence-corrected chi connectivity index (χ0v) is 8.91. The molecule has 0 aliphatic heterocycles. The summed E-state index contributed by atoms with van der Waals surface area (Å²) in [6.45, 7) is 3.69. The van der Waals surface area contributed by atoms with Gasteiger partial charge in [0.15, 0.2) is 0 Å². The molecule has 0 saturated carbocycles. The minimum atomic E-state index is -0.420. The monoisotopic (exact) mass is 206 g/mol. The van der Waals surface area contributed by atoms with Gasteiger partial charge in [0.2, 0.25) is 0 Å². The van der Waals surface area contributed by atoms with Crippen LogP contribution in [0.25, 0.3) is 0 Å². The van der Waals surface area contributed by atoms with E-state index in [0.29, 0.717) is 17.7 Å². The predicted octanol–water partition coefficient (Wildman–Crippen LogP) is 2.01. The SMILES string of the molecule is CCCC(C#N)NC(=O)c1ccoc1C. The third-order valence-corrected chi connectivity index (χ3v) is 2.14. The Morgan fingerprint density at radius 3 is 2.93 bits per heavy atom. The average molecular weight is 206 g/mol. The molecule has 0 aliphatic carbocycles. The molecule has 1 amide bonds. The second kappa shape index (κ2) is 5.20. The maximum atomic E-state index is 11.6. The number of nitrogens with one attached hydrogen (secondary N) is 1. The number of carbonyl (C=O) groups is 1. The Balaban J connectivity index is 2.64. The van der Waals surface area contributed by atoms with Crippen LogP contribution in [0, 0.1) is 18.3 Å². The largest absolute Gasteiger partial charge is 0.469 e. The number of nitriles is 1. The van der Waals surface area contributed by atoms with Crippen molar-refractivity contribution in [2.24, 2.45) is 0 Å². The average Bonchev–Trinajstić information content (AvgIpc) is 2.63. The predicted molar refractivity (Wildman–Crippen MR) is 55.2 cm³/mol. The summed E-state index contributed by atoms with van der Waals surface area (Å²) in [5.74, 6) is 0.321. The first-order valence-electron chi connectivity index (χ1n) is 4.93. The van der Waals surface area contributed by atoms with E-state index in [0.717, 1.165) is 6.42 Å². The van der Waals surface area contributed by atoms with E-state index >= 15 is 0 Å². The van der Waals surface area contributed by atoms with Gasteiger partial charge in [0, 0.05) is 0 Å². The lowest BCUT2D eigenvalue weighted by molar-refractivity contribution is 0.0942. The van der Waals surface area contributed by atoms with E-state index in [9.17, 15) is 4.79 Å². The quantitative estimate of drug-likeness (QED) is 0.819. The third-order valence-electron chi connectivity index (χ3n) is 2.14. The van der Waals surface area contributed by atoms with Gasteiger partial charge in [-0.3, -0.25) is 4.79 Å². The van der Waals surface area contributed by atoms with Crippen molar-refractivity contribution in [3.05, 3.63) is 23.7 Å². The normalized spacial score (nSPS) is 11.8. The number of hydrogen-bond acceptors (Lipinski definition) is 3. The van der Waals surface area contributed by atoms with Gasteiger partial charge in [-0.15, -0.1) is 0 Å². The lowest BCUT2D eigenvalue weighted by Gasteiger charge is -2.09. The molecule has 0 aliphatic rings. The molecule has 1 unspecified atom stereocenters. The molecule has 4 heteroatoms. The van der Waals surface area contributed by atoms with Crippen molar-refractivity contribution in [2.75, 3.05) is 0 Å². The van der Waals surface area contributed by atoms with Crippen molar-refractivity contribution < 1.29 is 9.21 Å². The zero-order valence-electron chi connectivity index (χ0n) is 8.91. The molecule has 0 spiro atoms. The Hall–Kier alpha value is -1.76. The lowest BCUT2D eigenvalue weighted by atomic mass is 10.1. The Labute approximate surface area is 88.9 Å². The molecule has 15 heavy (non-hydrogen) atoms. The molecular formula is C11H14N2O2. The molecule has 1 heterocycles. The highest BCUT2D eigenvalue weighted by molar-refractivity contribution is 5.95. The van der Waals surface area contributed by atoms with Gasteiger partial charge in [-0.1, -0.05) is 13.3 Å². The van der Waals surface area contributed by atoms with E-state index in [-0.39, 0.29) is 5.91 Å². The van der Waals surface area contributed by atoms with Crippen LogP contribution in [0.2, 0.25) is 0 Å². The smallest absolute Gasteiger partial charge is 0.255 e. The first-order chi connectivity index (χ1) is 7.19. The third kappa shape index (κ3) is 2.84. The molecule has 1 atom stereocenters. The van der Waals surface area contributed by atoms with E-state index < -0.39 is 6.04 Å². The summed E-state index contributed by atoms with van der Waals surface area (Å²) in [6.07, 6.45) is 2.99. The first-order valence-corrected chi connectivity index (χ1v) is 4.93. The van der Waals surface area contributed by atoms with Crippen LogP contribution in [-0.4, -0.2) is 11.9 Å². The van der Waals surface area contributed by atoms with Crippen molar-refractivity contribution in [3.63, 3.8) is 0 Å². The summed E-state index contributed by atoms with van der Waals surface area (Å²) >= 11 is 0. The summed E-state index contributed by atoms with van der Waals surface area (Å²) in [5.41, 5.74) is 0.492. The Kier molecular flexibility index (Phi) is 3.92. The molecular weight excluding hydrogens is 192 g/mol. The van der Waals surface area contributed by atoms with Crippen LogP contribution in [0.3, 0.4) is 0 Å². The van der Waals surface area contributed by atoms with Gasteiger partial charge < -0.3 is 9.73 Å². The molecule has 4 nitrogen and oxygen atoms in total. The van der Waals surface area contributed by atoms with Gasteiger partial charge in [0.25, 0.3) is 5.91 Å². The number of rotatable bonds is 4. The molecule has 1 N–H and O–H groups in total. The summed E-state index contributed by atoms with van der Waals surface area (Å²) in [6, 6.07) is 3.24. The summed E-state index contributed by atoms with van der Waals surface area (Å²) < 4.78 is 5.02. The van der Waals surface area contributed by atoms with E-state index in [1.807, 2.05) is 6.92 Å². The number of amides is 1. The van der Waals surface area contributed by atoms with Gasteiger partial charge in [-0.25, -0.2) is 0 Å². The highest BCUT2D eigenvalue weighted by atomic mass is 16.3. The fourth-order valence-electron chi connectivity index (χ4n) is 1.31. The fraction of sp³-hybridized carbons (Fsp3) is 0.455. The van der Waals surface area contributed by atoms with Crippen LogP contribution in [-0.2, 0) is 0 Å². The molecule has 0 fully saturated rings. The lowest BCUT2D eigenvalue weighted by Crippen LogP contribution is -2.33. The number of aryl methyl sites for hydroxylation is 1. The summed E-state index contributed by atoms with van der Waals surface area (Å²) in [4.78, 5) is 11.6. The minimum absolute atomic E-state index is 0.249. The maximum absolute atomic E-state index is 11.6. The van der Waals surface area contributed by atoms with E-state index in [1.54, 1.807) is 13.0 Å². The Morgan fingerprint density at radius 2 is 2.47 bits per heavy atom. The Bertz CT molecular complexity index is 376. The second-order valence-electron chi connectivity index (χ2n) is 3.33. The van der Waals surface area contributed by atoms with Crippen LogP contribution in [0.15, 0.2) is 16.7 Å². The van der Waals surface area contributed by atoms with Crippen molar-refractivity contribution in [3.8, 4) is 6.07 Å².